The van der Waals surface area contributed by atoms with Crippen LogP contribution in [0.1, 0.15) is 64.2 Å². The number of halogens is 1. The minimum absolute atomic E-state index is 0. The molecule has 0 aliphatic heterocycles. The van der Waals surface area contributed by atoms with Gasteiger partial charge in [-0.05, 0) is 62.8 Å². The molecule has 118 valence electrons. The Morgan fingerprint density at radius 1 is 1.10 bits per heavy atom. The van der Waals surface area contributed by atoms with E-state index >= 15 is 0 Å². The molecule has 3 unspecified atom stereocenters. The van der Waals surface area contributed by atoms with Crippen molar-refractivity contribution in [2.75, 3.05) is 13.1 Å². The lowest BCUT2D eigenvalue weighted by atomic mass is 9.86. The van der Waals surface area contributed by atoms with Gasteiger partial charge in [-0.25, -0.2) is 0 Å². The molecular weight excluding hydrogens is 272 g/mol. The molecule has 3 nitrogen and oxygen atoms in total. The molecule has 1 amide bonds. The number of carbonyl (C=O) groups is 1. The second-order valence-corrected chi connectivity index (χ2v) is 6.53. The molecule has 0 spiro atoms. The summed E-state index contributed by atoms with van der Waals surface area (Å²) < 4.78 is 0. The van der Waals surface area contributed by atoms with Crippen molar-refractivity contribution in [3.63, 3.8) is 0 Å². The Morgan fingerprint density at radius 2 is 1.90 bits per heavy atom. The molecule has 3 N–H and O–H groups in total. The second-order valence-electron chi connectivity index (χ2n) is 6.53. The van der Waals surface area contributed by atoms with Gasteiger partial charge in [-0.3, -0.25) is 4.79 Å². The molecule has 2 rings (SSSR count). The monoisotopic (exact) mass is 302 g/mol. The number of unbranched alkanes of at least 4 members (excludes halogenated alkanes) is 3. The van der Waals surface area contributed by atoms with E-state index in [0.717, 1.165) is 56.5 Å². The summed E-state index contributed by atoms with van der Waals surface area (Å²) in [5, 5.41) is 3.10. The highest BCUT2D eigenvalue weighted by molar-refractivity contribution is 5.85. The van der Waals surface area contributed by atoms with E-state index in [1.807, 2.05) is 0 Å². The fraction of sp³-hybridized carbons (Fsp3) is 0.938. The van der Waals surface area contributed by atoms with Crippen LogP contribution in [0.5, 0.6) is 0 Å². The third-order valence-corrected chi connectivity index (χ3v) is 5.08. The van der Waals surface area contributed by atoms with Crippen LogP contribution in [0.4, 0.5) is 0 Å². The predicted octanol–water partition coefficient (Wildman–Crippen LogP) is 3.26. The van der Waals surface area contributed by atoms with Crippen molar-refractivity contribution in [1.82, 2.24) is 5.32 Å². The zero-order valence-corrected chi connectivity index (χ0v) is 13.4. The summed E-state index contributed by atoms with van der Waals surface area (Å²) in [7, 11) is 0. The first kappa shape index (κ1) is 17.8. The maximum Gasteiger partial charge on any atom is 0.219 e. The number of rotatable bonds is 9. The summed E-state index contributed by atoms with van der Waals surface area (Å²) in [6, 6.07) is 0. The lowest BCUT2D eigenvalue weighted by Gasteiger charge is -2.21. The maximum atomic E-state index is 11.7. The van der Waals surface area contributed by atoms with Crippen molar-refractivity contribution >= 4 is 18.3 Å². The van der Waals surface area contributed by atoms with Crippen LogP contribution in [0, 0.1) is 17.8 Å². The van der Waals surface area contributed by atoms with E-state index < -0.39 is 0 Å². The number of carbonyl (C=O) groups excluding carboxylic acids is 1. The van der Waals surface area contributed by atoms with Crippen molar-refractivity contribution < 1.29 is 4.79 Å². The standard InChI is InChI=1S/C16H30N2O.ClH/c17-9-4-2-1-3-5-16(19)18-10-8-15-12-13-6-7-14(15)11-13;/h13-15H,1-12,17H2,(H,18,19);1H. The lowest BCUT2D eigenvalue weighted by molar-refractivity contribution is -0.121. The van der Waals surface area contributed by atoms with E-state index in [1.54, 1.807) is 0 Å². The van der Waals surface area contributed by atoms with Gasteiger partial charge in [0.25, 0.3) is 0 Å². The number of fused-ring (bicyclic) bond motifs is 2. The second kappa shape index (κ2) is 9.62. The number of nitrogens with two attached hydrogens (primary N) is 1. The fourth-order valence-electron chi connectivity index (χ4n) is 4.00. The lowest BCUT2D eigenvalue weighted by Crippen LogP contribution is -2.26. The van der Waals surface area contributed by atoms with Crippen LogP contribution in [0.3, 0.4) is 0 Å². The summed E-state index contributed by atoms with van der Waals surface area (Å²) in [5.74, 6) is 3.16. The number of nitrogens with one attached hydrogen (secondary N) is 1. The van der Waals surface area contributed by atoms with Crippen molar-refractivity contribution in [3.8, 4) is 0 Å². The molecule has 0 radical (unpaired) electrons. The molecule has 0 heterocycles. The minimum Gasteiger partial charge on any atom is -0.356 e. The summed E-state index contributed by atoms with van der Waals surface area (Å²) in [6.45, 7) is 1.67. The van der Waals surface area contributed by atoms with Crippen LogP contribution in [0.15, 0.2) is 0 Å². The highest BCUT2D eigenvalue weighted by Crippen LogP contribution is 2.49. The molecule has 0 aromatic rings. The maximum absolute atomic E-state index is 11.7. The average Bonchev–Trinajstić information content (AvgIpc) is 3.01. The molecule has 0 saturated heterocycles. The van der Waals surface area contributed by atoms with Crippen molar-refractivity contribution in [2.24, 2.45) is 23.5 Å². The number of hydrogen-bond acceptors (Lipinski definition) is 2. The highest BCUT2D eigenvalue weighted by atomic mass is 35.5. The predicted molar refractivity (Wildman–Crippen MR) is 86.0 cm³/mol. The van der Waals surface area contributed by atoms with Crippen LogP contribution in [-0.2, 0) is 4.79 Å². The van der Waals surface area contributed by atoms with E-state index in [-0.39, 0.29) is 18.3 Å². The topological polar surface area (TPSA) is 55.1 Å². The Balaban J connectivity index is 0.00000200. The Hall–Kier alpha value is -0.280. The number of amides is 1. The minimum atomic E-state index is 0. The summed E-state index contributed by atoms with van der Waals surface area (Å²) >= 11 is 0. The SMILES string of the molecule is Cl.NCCCCCCC(=O)NCCC1CC2CCC1C2. The van der Waals surface area contributed by atoms with Crippen molar-refractivity contribution in [1.29, 1.82) is 0 Å². The van der Waals surface area contributed by atoms with Gasteiger partial charge in [0.2, 0.25) is 5.91 Å². The Labute approximate surface area is 129 Å². The first-order valence-electron chi connectivity index (χ1n) is 8.26. The fourth-order valence-corrected chi connectivity index (χ4v) is 4.00. The quantitative estimate of drug-likeness (QED) is 0.642. The third-order valence-electron chi connectivity index (χ3n) is 5.08. The zero-order valence-electron chi connectivity index (χ0n) is 12.6. The summed E-state index contributed by atoms with van der Waals surface area (Å²) in [6.07, 6.45) is 12.1. The summed E-state index contributed by atoms with van der Waals surface area (Å²) in [5.41, 5.74) is 5.44. The average molecular weight is 303 g/mol. The van der Waals surface area contributed by atoms with Crippen LogP contribution >= 0.6 is 12.4 Å². The molecule has 0 aromatic heterocycles. The summed E-state index contributed by atoms with van der Waals surface area (Å²) in [4.78, 5) is 11.7. The van der Waals surface area contributed by atoms with Gasteiger partial charge < -0.3 is 11.1 Å². The van der Waals surface area contributed by atoms with Gasteiger partial charge in [-0.2, -0.15) is 0 Å². The molecule has 0 aromatic carbocycles. The molecule has 4 heteroatoms. The van der Waals surface area contributed by atoms with E-state index in [1.165, 1.54) is 32.1 Å². The molecular formula is C16H31ClN2O. The van der Waals surface area contributed by atoms with Crippen molar-refractivity contribution in [2.45, 2.75) is 64.2 Å². The molecule has 3 atom stereocenters. The van der Waals surface area contributed by atoms with Crippen LogP contribution in [-0.4, -0.2) is 19.0 Å². The Bertz CT molecular complexity index is 286. The van der Waals surface area contributed by atoms with Crippen LogP contribution in [0.25, 0.3) is 0 Å². The van der Waals surface area contributed by atoms with E-state index in [4.69, 9.17) is 5.73 Å². The van der Waals surface area contributed by atoms with Gasteiger partial charge in [0.1, 0.15) is 0 Å². The van der Waals surface area contributed by atoms with Gasteiger partial charge >= 0.3 is 0 Å². The first-order chi connectivity index (χ1) is 9.29. The van der Waals surface area contributed by atoms with Gasteiger partial charge in [-0.1, -0.05) is 19.3 Å². The molecule has 2 saturated carbocycles. The highest BCUT2D eigenvalue weighted by Gasteiger charge is 2.38. The van der Waals surface area contributed by atoms with Gasteiger partial charge in [0.05, 0.1) is 0 Å². The van der Waals surface area contributed by atoms with Gasteiger partial charge in [0.15, 0.2) is 0 Å². The van der Waals surface area contributed by atoms with E-state index in [2.05, 4.69) is 5.32 Å². The Morgan fingerprint density at radius 3 is 2.55 bits per heavy atom. The largest absolute Gasteiger partial charge is 0.356 e. The molecule has 2 aliphatic rings. The zero-order chi connectivity index (χ0) is 13.5. The Kier molecular flexibility index (Phi) is 8.55. The van der Waals surface area contributed by atoms with Crippen molar-refractivity contribution in [3.05, 3.63) is 0 Å². The number of hydrogen-bond donors (Lipinski definition) is 2. The van der Waals surface area contributed by atoms with E-state index in [0.29, 0.717) is 6.42 Å². The first-order valence-corrected chi connectivity index (χ1v) is 8.26. The normalized spacial score (nSPS) is 27.4. The molecule has 2 bridgehead atoms. The van der Waals surface area contributed by atoms with Gasteiger partial charge in [-0.15, -0.1) is 12.4 Å². The van der Waals surface area contributed by atoms with Crippen LogP contribution < -0.4 is 11.1 Å². The molecule has 20 heavy (non-hydrogen) atoms. The van der Waals surface area contributed by atoms with Gasteiger partial charge in [0, 0.05) is 13.0 Å². The third kappa shape index (κ3) is 5.61. The smallest absolute Gasteiger partial charge is 0.219 e. The van der Waals surface area contributed by atoms with Crippen LogP contribution in [0.2, 0.25) is 0 Å². The molecule has 2 aliphatic carbocycles. The van der Waals surface area contributed by atoms with E-state index in [9.17, 15) is 4.79 Å². The molecule has 2 fully saturated rings.